The van der Waals surface area contributed by atoms with E-state index in [1.165, 1.54) is 0 Å². The summed E-state index contributed by atoms with van der Waals surface area (Å²) in [5.74, 6) is 0. The lowest BCUT2D eigenvalue weighted by Gasteiger charge is -1.98. The SMILES string of the molecule is O=Cc1cccc2c1CC[N]2. The lowest BCUT2D eigenvalue weighted by Crippen LogP contribution is -1.88. The minimum Gasteiger partial charge on any atom is -0.298 e. The minimum absolute atomic E-state index is 0.795. The van der Waals surface area contributed by atoms with E-state index in [4.69, 9.17) is 0 Å². The van der Waals surface area contributed by atoms with Crippen molar-refractivity contribution in [1.29, 1.82) is 0 Å². The zero-order valence-electron chi connectivity index (χ0n) is 6.08. The highest BCUT2D eigenvalue weighted by molar-refractivity contribution is 5.80. The van der Waals surface area contributed by atoms with Crippen LogP contribution < -0.4 is 5.32 Å². The average Bonchev–Trinajstić information content (AvgIpc) is 2.50. The van der Waals surface area contributed by atoms with Gasteiger partial charge in [0, 0.05) is 12.1 Å². The van der Waals surface area contributed by atoms with E-state index in [1.807, 2.05) is 18.2 Å². The van der Waals surface area contributed by atoms with Gasteiger partial charge in [-0.1, -0.05) is 12.1 Å². The van der Waals surface area contributed by atoms with Crippen molar-refractivity contribution >= 4 is 12.0 Å². The van der Waals surface area contributed by atoms with Crippen molar-refractivity contribution in [2.45, 2.75) is 6.42 Å². The Morgan fingerprint density at radius 1 is 1.45 bits per heavy atom. The Kier molecular flexibility index (Phi) is 1.39. The summed E-state index contributed by atoms with van der Waals surface area (Å²) >= 11 is 0. The Balaban J connectivity index is 2.58. The number of nitrogens with zero attached hydrogens (tertiary/aromatic N) is 1. The van der Waals surface area contributed by atoms with Crippen LogP contribution in [0.4, 0.5) is 5.69 Å². The number of hydrogen-bond acceptors (Lipinski definition) is 1. The standard InChI is InChI=1S/C9H8NO/c11-6-7-2-1-3-9-8(7)4-5-10-9/h1-3,6H,4-5H2. The number of carbonyl (C=O) groups excluding carboxylic acids is 1. The third-order valence-corrected chi connectivity index (χ3v) is 1.96. The number of rotatable bonds is 1. The predicted molar refractivity (Wildman–Crippen MR) is 42.2 cm³/mol. The number of fused-ring (bicyclic) bond motifs is 1. The normalized spacial score (nSPS) is 13.8. The molecule has 2 nitrogen and oxygen atoms in total. The van der Waals surface area contributed by atoms with E-state index in [9.17, 15) is 4.79 Å². The third kappa shape index (κ3) is 0.909. The van der Waals surface area contributed by atoms with Crippen LogP contribution in [0.2, 0.25) is 0 Å². The molecular formula is C9H8NO. The molecule has 0 unspecified atom stereocenters. The van der Waals surface area contributed by atoms with Crippen molar-refractivity contribution in [3.8, 4) is 0 Å². The molecule has 1 radical (unpaired) electrons. The van der Waals surface area contributed by atoms with Gasteiger partial charge in [0.05, 0.1) is 5.69 Å². The second kappa shape index (κ2) is 2.38. The fraction of sp³-hybridized carbons (Fsp3) is 0.222. The van der Waals surface area contributed by atoms with Gasteiger partial charge in [0.1, 0.15) is 6.29 Å². The van der Waals surface area contributed by atoms with Crippen LogP contribution in [0.25, 0.3) is 0 Å². The first-order valence-electron chi connectivity index (χ1n) is 3.66. The van der Waals surface area contributed by atoms with Crippen LogP contribution in [0.5, 0.6) is 0 Å². The molecule has 0 bridgehead atoms. The fourth-order valence-corrected chi connectivity index (χ4v) is 1.41. The highest BCUT2D eigenvalue weighted by Gasteiger charge is 2.13. The summed E-state index contributed by atoms with van der Waals surface area (Å²) in [7, 11) is 0. The predicted octanol–water partition coefficient (Wildman–Crippen LogP) is 1.29. The lowest BCUT2D eigenvalue weighted by molar-refractivity contribution is 0.112. The molecule has 0 saturated heterocycles. The van der Waals surface area contributed by atoms with Crippen molar-refractivity contribution < 1.29 is 4.79 Å². The molecule has 0 saturated carbocycles. The van der Waals surface area contributed by atoms with E-state index >= 15 is 0 Å². The van der Waals surface area contributed by atoms with Gasteiger partial charge in [-0.3, -0.25) is 10.1 Å². The van der Waals surface area contributed by atoms with Gasteiger partial charge in [-0.2, -0.15) is 0 Å². The van der Waals surface area contributed by atoms with Crippen LogP contribution in [0.1, 0.15) is 15.9 Å². The smallest absolute Gasteiger partial charge is 0.150 e. The van der Waals surface area contributed by atoms with E-state index in [0.29, 0.717) is 0 Å². The van der Waals surface area contributed by atoms with Gasteiger partial charge < -0.3 is 0 Å². The van der Waals surface area contributed by atoms with Gasteiger partial charge in [-0.15, -0.1) is 0 Å². The number of benzene rings is 1. The van der Waals surface area contributed by atoms with Gasteiger partial charge in [-0.25, -0.2) is 0 Å². The van der Waals surface area contributed by atoms with Crippen LogP contribution in [-0.2, 0) is 6.42 Å². The monoisotopic (exact) mass is 146 g/mol. The molecule has 0 N–H and O–H groups in total. The molecule has 1 aromatic carbocycles. The van der Waals surface area contributed by atoms with E-state index in [2.05, 4.69) is 5.32 Å². The summed E-state index contributed by atoms with van der Waals surface area (Å²) in [5.41, 5.74) is 2.90. The van der Waals surface area contributed by atoms with Gasteiger partial charge in [0.25, 0.3) is 0 Å². The highest BCUT2D eigenvalue weighted by Crippen LogP contribution is 2.24. The zero-order chi connectivity index (χ0) is 7.68. The fourth-order valence-electron chi connectivity index (χ4n) is 1.41. The summed E-state index contributed by atoms with van der Waals surface area (Å²) < 4.78 is 0. The van der Waals surface area contributed by atoms with Crippen molar-refractivity contribution in [3.63, 3.8) is 0 Å². The molecule has 0 fully saturated rings. The molecule has 11 heavy (non-hydrogen) atoms. The van der Waals surface area contributed by atoms with E-state index in [-0.39, 0.29) is 0 Å². The number of carbonyl (C=O) groups is 1. The topological polar surface area (TPSA) is 31.2 Å². The highest BCUT2D eigenvalue weighted by atomic mass is 16.1. The van der Waals surface area contributed by atoms with Crippen molar-refractivity contribution in [2.24, 2.45) is 0 Å². The lowest BCUT2D eigenvalue weighted by atomic mass is 10.1. The maximum atomic E-state index is 10.5. The molecular weight excluding hydrogens is 138 g/mol. The first-order valence-corrected chi connectivity index (χ1v) is 3.66. The van der Waals surface area contributed by atoms with Gasteiger partial charge >= 0.3 is 0 Å². The summed E-state index contributed by atoms with van der Waals surface area (Å²) in [6, 6.07) is 5.67. The van der Waals surface area contributed by atoms with Crippen molar-refractivity contribution in [1.82, 2.24) is 5.32 Å². The van der Waals surface area contributed by atoms with Crippen LogP contribution in [-0.4, -0.2) is 12.8 Å². The van der Waals surface area contributed by atoms with E-state index in [0.717, 1.165) is 36.1 Å². The van der Waals surface area contributed by atoms with Crippen molar-refractivity contribution in [3.05, 3.63) is 29.3 Å². The van der Waals surface area contributed by atoms with E-state index < -0.39 is 0 Å². The van der Waals surface area contributed by atoms with Gasteiger partial charge in [0.2, 0.25) is 0 Å². The summed E-state index contributed by atoms with van der Waals surface area (Å²) in [5, 5.41) is 4.25. The maximum absolute atomic E-state index is 10.5. The molecule has 2 heteroatoms. The second-order valence-corrected chi connectivity index (χ2v) is 2.59. The Morgan fingerprint density at radius 2 is 2.36 bits per heavy atom. The minimum atomic E-state index is 0.795. The van der Waals surface area contributed by atoms with E-state index in [1.54, 1.807) is 0 Å². The zero-order valence-corrected chi connectivity index (χ0v) is 6.08. The van der Waals surface area contributed by atoms with Crippen LogP contribution in [0, 0.1) is 0 Å². The Bertz CT molecular complexity index is 294. The largest absolute Gasteiger partial charge is 0.298 e. The number of aldehydes is 1. The molecule has 1 heterocycles. The molecule has 1 aromatic rings. The molecule has 0 atom stereocenters. The Labute approximate surface area is 65.2 Å². The molecule has 0 spiro atoms. The molecule has 1 aliphatic heterocycles. The first-order chi connectivity index (χ1) is 5.42. The molecule has 0 aromatic heterocycles. The third-order valence-electron chi connectivity index (χ3n) is 1.96. The molecule has 0 amide bonds. The quantitative estimate of drug-likeness (QED) is 0.549. The van der Waals surface area contributed by atoms with Crippen LogP contribution in [0.15, 0.2) is 18.2 Å². The Hall–Kier alpha value is -1.31. The number of hydrogen-bond donors (Lipinski definition) is 0. The molecule has 0 aliphatic carbocycles. The summed E-state index contributed by atoms with van der Waals surface area (Å²) in [6.07, 6.45) is 1.82. The molecule has 2 rings (SSSR count). The van der Waals surface area contributed by atoms with Crippen LogP contribution >= 0.6 is 0 Å². The second-order valence-electron chi connectivity index (χ2n) is 2.59. The Morgan fingerprint density at radius 3 is 3.18 bits per heavy atom. The van der Waals surface area contributed by atoms with Gasteiger partial charge in [0.15, 0.2) is 0 Å². The maximum Gasteiger partial charge on any atom is 0.150 e. The molecule has 55 valence electrons. The van der Waals surface area contributed by atoms with Crippen molar-refractivity contribution in [2.75, 3.05) is 6.54 Å². The summed E-state index contributed by atoms with van der Waals surface area (Å²) in [6.45, 7) is 0.834. The van der Waals surface area contributed by atoms with Gasteiger partial charge in [-0.05, 0) is 18.1 Å². The summed E-state index contributed by atoms with van der Waals surface area (Å²) in [4.78, 5) is 10.5. The first kappa shape index (κ1) is 6.40. The van der Waals surface area contributed by atoms with Crippen LogP contribution in [0.3, 0.4) is 0 Å². The molecule has 1 aliphatic rings. The average molecular weight is 146 g/mol.